The lowest BCUT2D eigenvalue weighted by molar-refractivity contribution is 0.866. The minimum atomic E-state index is 0.976. The van der Waals surface area contributed by atoms with Gasteiger partial charge in [-0.2, -0.15) is 0 Å². The number of hydrogen-bond donors (Lipinski definition) is 0. The SMILES string of the molecule is C=Cc1ccc(-c2ccc(N3c4ccc(N(CC)CC)cc4-c4ccccc4-c4cc(N(CC)CC)ccc43)cc2)cc1. The quantitative estimate of drug-likeness (QED) is 0.173. The van der Waals surface area contributed by atoms with Crippen molar-refractivity contribution < 1.29 is 0 Å². The highest BCUT2D eigenvalue weighted by Crippen LogP contribution is 2.52. The van der Waals surface area contributed by atoms with E-state index < -0.39 is 0 Å². The number of rotatable bonds is 9. The smallest absolute Gasteiger partial charge is 0.0542 e. The number of fused-ring (bicyclic) bond motifs is 5. The van der Waals surface area contributed by atoms with Crippen LogP contribution >= 0.6 is 0 Å². The van der Waals surface area contributed by atoms with Crippen LogP contribution in [0.25, 0.3) is 39.5 Å². The molecule has 0 radical (unpaired) electrons. The Balaban J connectivity index is 1.57. The van der Waals surface area contributed by atoms with E-state index >= 15 is 0 Å². The topological polar surface area (TPSA) is 9.72 Å². The minimum Gasteiger partial charge on any atom is -0.372 e. The van der Waals surface area contributed by atoms with Crippen LogP contribution in [0.3, 0.4) is 0 Å². The molecule has 1 heterocycles. The van der Waals surface area contributed by atoms with Gasteiger partial charge in [0.25, 0.3) is 0 Å². The van der Waals surface area contributed by atoms with Gasteiger partial charge >= 0.3 is 0 Å². The van der Waals surface area contributed by atoms with Crippen molar-refractivity contribution in [2.45, 2.75) is 27.7 Å². The van der Waals surface area contributed by atoms with Gasteiger partial charge in [-0.05, 0) is 104 Å². The molecule has 0 N–H and O–H groups in total. The molecule has 0 aromatic heterocycles. The van der Waals surface area contributed by atoms with Crippen LogP contribution < -0.4 is 14.7 Å². The van der Waals surface area contributed by atoms with Gasteiger partial charge in [0.2, 0.25) is 0 Å². The van der Waals surface area contributed by atoms with Crippen molar-refractivity contribution in [1.29, 1.82) is 0 Å². The van der Waals surface area contributed by atoms with Crippen LogP contribution in [-0.2, 0) is 0 Å². The molecule has 0 fully saturated rings. The number of anilines is 5. The monoisotopic (exact) mass is 563 g/mol. The molecule has 0 aliphatic carbocycles. The van der Waals surface area contributed by atoms with Gasteiger partial charge in [0.1, 0.15) is 0 Å². The zero-order valence-corrected chi connectivity index (χ0v) is 25.8. The molecule has 1 aliphatic heterocycles. The Morgan fingerprint density at radius 2 is 0.977 bits per heavy atom. The molecule has 6 rings (SSSR count). The van der Waals surface area contributed by atoms with E-state index in [4.69, 9.17) is 0 Å². The first-order valence-corrected chi connectivity index (χ1v) is 15.6. The van der Waals surface area contributed by atoms with E-state index in [-0.39, 0.29) is 0 Å². The Bertz CT molecular complexity index is 1640. The third-order valence-electron chi connectivity index (χ3n) is 8.81. The van der Waals surface area contributed by atoms with Gasteiger partial charge in [0, 0.05) is 54.4 Å². The maximum absolute atomic E-state index is 3.89. The van der Waals surface area contributed by atoms with Crippen molar-refractivity contribution in [3.05, 3.63) is 121 Å². The van der Waals surface area contributed by atoms with Gasteiger partial charge in [-0.1, -0.05) is 73.3 Å². The second kappa shape index (κ2) is 12.2. The molecule has 216 valence electrons. The molecule has 0 bridgehead atoms. The summed E-state index contributed by atoms with van der Waals surface area (Å²) in [6.07, 6.45) is 1.89. The lowest BCUT2D eigenvalue weighted by Crippen LogP contribution is -2.22. The summed E-state index contributed by atoms with van der Waals surface area (Å²) >= 11 is 0. The molecule has 1 aliphatic rings. The van der Waals surface area contributed by atoms with E-state index in [1.807, 2.05) is 6.08 Å². The highest BCUT2D eigenvalue weighted by atomic mass is 15.2. The molecule has 5 aromatic carbocycles. The lowest BCUT2D eigenvalue weighted by Gasteiger charge is -2.30. The standard InChI is InChI=1S/C40H41N3/c1-6-29-15-17-30(18-16-29)31-19-21-32(22-20-31)43-39-25-23-33(41(7-2)8-3)27-37(39)35-13-11-12-14-36(35)38-28-34(24-26-40(38)43)42(9-4)10-5/h6,11-28H,1,7-10H2,2-5H3. The molecule has 5 aromatic rings. The predicted octanol–water partition coefficient (Wildman–Crippen LogP) is 10.8. The highest BCUT2D eigenvalue weighted by molar-refractivity contribution is 6.03. The van der Waals surface area contributed by atoms with Gasteiger partial charge in [-0.3, -0.25) is 0 Å². The second-order valence-corrected chi connectivity index (χ2v) is 11.0. The molecule has 3 nitrogen and oxygen atoms in total. The van der Waals surface area contributed by atoms with E-state index in [0.717, 1.165) is 37.4 Å². The summed E-state index contributed by atoms with van der Waals surface area (Å²) in [5, 5.41) is 0. The van der Waals surface area contributed by atoms with Crippen LogP contribution in [0, 0.1) is 0 Å². The fraction of sp³-hybridized carbons (Fsp3) is 0.200. The van der Waals surface area contributed by atoms with E-state index in [1.165, 1.54) is 56.1 Å². The van der Waals surface area contributed by atoms with Crippen molar-refractivity contribution in [2.75, 3.05) is 40.9 Å². The molecule has 0 spiro atoms. The fourth-order valence-corrected chi connectivity index (χ4v) is 6.42. The van der Waals surface area contributed by atoms with E-state index in [0.29, 0.717) is 0 Å². The Hall–Kier alpha value is -4.76. The molecule has 43 heavy (non-hydrogen) atoms. The van der Waals surface area contributed by atoms with Crippen LogP contribution in [0.1, 0.15) is 33.3 Å². The first kappa shape index (κ1) is 28.4. The van der Waals surface area contributed by atoms with Crippen LogP contribution in [0.2, 0.25) is 0 Å². The normalized spacial score (nSPS) is 11.7. The van der Waals surface area contributed by atoms with E-state index in [2.05, 4.69) is 158 Å². The summed E-state index contributed by atoms with van der Waals surface area (Å²) < 4.78 is 0. The predicted molar refractivity (Wildman–Crippen MR) is 188 cm³/mol. The van der Waals surface area contributed by atoms with Crippen molar-refractivity contribution in [3.63, 3.8) is 0 Å². The van der Waals surface area contributed by atoms with Crippen LogP contribution in [0.5, 0.6) is 0 Å². The maximum Gasteiger partial charge on any atom is 0.0542 e. The zero-order chi connectivity index (χ0) is 29.9. The summed E-state index contributed by atoms with van der Waals surface area (Å²) in [5.74, 6) is 0. The van der Waals surface area contributed by atoms with Crippen LogP contribution in [0.15, 0.2) is 116 Å². The highest BCUT2D eigenvalue weighted by Gasteiger charge is 2.27. The largest absolute Gasteiger partial charge is 0.372 e. The lowest BCUT2D eigenvalue weighted by atomic mass is 9.94. The second-order valence-electron chi connectivity index (χ2n) is 11.0. The van der Waals surface area contributed by atoms with Crippen molar-refractivity contribution in [1.82, 2.24) is 0 Å². The Kier molecular flexibility index (Phi) is 8.07. The Morgan fingerprint density at radius 3 is 1.40 bits per heavy atom. The summed E-state index contributed by atoms with van der Waals surface area (Å²) in [6.45, 7) is 16.7. The summed E-state index contributed by atoms with van der Waals surface area (Å²) in [5.41, 5.74) is 14.6. The average molecular weight is 564 g/mol. The maximum atomic E-state index is 3.89. The first-order chi connectivity index (χ1) is 21.1. The molecule has 3 heteroatoms. The Labute approximate surface area is 257 Å². The van der Waals surface area contributed by atoms with Gasteiger partial charge < -0.3 is 14.7 Å². The van der Waals surface area contributed by atoms with Crippen molar-refractivity contribution >= 4 is 34.5 Å². The molecular formula is C40H41N3. The van der Waals surface area contributed by atoms with Crippen LogP contribution in [-0.4, -0.2) is 26.2 Å². The number of benzene rings is 5. The molecule has 0 saturated carbocycles. The van der Waals surface area contributed by atoms with Gasteiger partial charge in [-0.25, -0.2) is 0 Å². The minimum absolute atomic E-state index is 0.976. The fourth-order valence-electron chi connectivity index (χ4n) is 6.42. The van der Waals surface area contributed by atoms with E-state index in [1.54, 1.807) is 0 Å². The molecule has 0 saturated heterocycles. The van der Waals surface area contributed by atoms with Crippen molar-refractivity contribution in [3.8, 4) is 33.4 Å². The molecular weight excluding hydrogens is 522 g/mol. The Morgan fingerprint density at radius 1 is 0.535 bits per heavy atom. The first-order valence-electron chi connectivity index (χ1n) is 15.6. The summed E-state index contributed by atoms with van der Waals surface area (Å²) in [4.78, 5) is 7.31. The van der Waals surface area contributed by atoms with Gasteiger partial charge in [0.05, 0.1) is 11.4 Å². The van der Waals surface area contributed by atoms with Gasteiger partial charge in [-0.15, -0.1) is 0 Å². The zero-order valence-electron chi connectivity index (χ0n) is 25.8. The van der Waals surface area contributed by atoms with Gasteiger partial charge in [0.15, 0.2) is 0 Å². The molecule has 0 unspecified atom stereocenters. The molecule has 0 atom stereocenters. The third-order valence-corrected chi connectivity index (χ3v) is 8.81. The third kappa shape index (κ3) is 5.21. The summed E-state index contributed by atoms with van der Waals surface area (Å²) in [7, 11) is 0. The van der Waals surface area contributed by atoms with E-state index in [9.17, 15) is 0 Å². The number of hydrogen-bond acceptors (Lipinski definition) is 3. The molecule has 0 amide bonds. The average Bonchev–Trinajstić information content (AvgIpc) is 3.18. The number of nitrogens with zero attached hydrogens (tertiary/aromatic N) is 3. The summed E-state index contributed by atoms with van der Waals surface area (Å²) in [6, 6.07) is 40.5. The van der Waals surface area contributed by atoms with Crippen LogP contribution in [0.4, 0.5) is 28.4 Å². The van der Waals surface area contributed by atoms with Crippen molar-refractivity contribution in [2.24, 2.45) is 0 Å².